The van der Waals surface area contributed by atoms with Gasteiger partial charge in [-0.3, -0.25) is 4.79 Å². The van der Waals surface area contributed by atoms with Gasteiger partial charge in [-0.15, -0.1) is 0 Å². The van der Waals surface area contributed by atoms with Gasteiger partial charge in [0.2, 0.25) is 0 Å². The van der Waals surface area contributed by atoms with Crippen LogP contribution in [0.25, 0.3) is 0 Å². The second kappa shape index (κ2) is 45.1. The third-order valence-corrected chi connectivity index (χ3v) is 11.7. The molecule has 0 aliphatic rings. The van der Waals surface area contributed by atoms with Gasteiger partial charge in [-0.1, -0.05) is 239 Å². The van der Waals surface area contributed by atoms with E-state index >= 15 is 0 Å². The lowest BCUT2D eigenvalue weighted by atomic mass is 10.0. The van der Waals surface area contributed by atoms with Gasteiger partial charge in [0.15, 0.2) is 0 Å². The van der Waals surface area contributed by atoms with Gasteiger partial charge < -0.3 is 19.7 Å². The molecule has 8 heteroatoms. The molecule has 0 radical (unpaired) electrons. The molecule has 61 heavy (non-hydrogen) atoms. The molecule has 1 rings (SSSR count). The summed E-state index contributed by atoms with van der Waals surface area (Å²) in [7, 11) is 0. The number of unbranched alkanes of at least 4 members (excludes halogenated alkanes) is 34. The maximum absolute atomic E-state index is 12.1. The number of carbonyl (C=O) groups excluding carboxylic acids is 2. The van der Waals surface area contributed by atoms with Gasteiger partial charge in [0.25, 0.3) is 0 Å². The lowest BCUT2D eigenvalue weighted by Crippen LogP contribution is -2.13. The molecular formula is C53H94O8. The number of ether oxygens (including phenoxy) is 2. The number of rotatable bonds is 43. The van der Waals surface area contributed by atoms with E-state index in [1.807, 2.05) is 0 Å². The van der Waals surface area contributed by atoms with Gasteiger partial charge in [0.1, 0.15) is 0 Å². The van der Waals surface area contributed by atoms with Crippen molar-refractivity contribution in [1.82, 2.24) is 0 Å². The van der Waals surface area contributed by atoms with E-state index in [9.17, 15) is 24.3 Å². The highest BCUT2D eigenvalue weighted by Crippen LogP contribution is 2.17. The van der Waals surface area contributed by atoms with Crippen LogP contribution in [0.5, 0.6) is 0 Å². The minimum absolute atomic E-state index is 0.0248. The number of hydrogen-bond acceptors (Lipinski definition) is 6. The fourth-order valence-corrected chi connectivity index (χ4v) is 7.71. The van der Waals surface area contributed by atoms with Crippen molar-refractivity contribution in [2.75, 3.05) is 13.2 Å². The molecule has 2 N–H and O–H groups in total. The highest BCUT2D eigenvalue weighted by Gasteiger charge is 2.20. The van der Waals surface area contributed by atoms with Gasteiger partial charge in [-0.25, -0.2) is 14.4 Å². The number of esters is 2. The molecule has 0 spiro atoms. The summed E-state index contributed by atoms with van der Waals surface area (Å²) in [5.74, 6) is -3.31. The molecule has 0 aliphatic heterocycles. The van der Waals surface area contributed by atoms with E-state index in [-0.39, 0.29) is 29.3 Å². The van der Waals surface area contributed by atoms with Crippen molar-refractivity contribution in [1.29, 1.82) is 0 Å². The number of carbonyl (C=O) groups is 4. The van der Waals surface area contributed by atoms with E-state index in [4.69, 9.17) is 14.6 Å². The third-order valence-electron chi connectivity index (χ3n) is 11.7. The predicted molar refractivity (Wildman–Crippen MR) is 254 cm³/mol. The van der Waals surface area contributed by atoms with E-state index in [0.29, 0.717) is 13.0 Å². The van der Waals surface area contributed by atoms with Crippen LogP contribution >= 0.6 is 0 Å². The molecule has 1 aromatic carbocycles. The topological polar surface area (TPSA) is 127 Å². The van der Waals surface area contributed by atoms with E-state index in [1.54, 1.807) is 0 Å². The van der Waals surface area contributed by atoms with Crippen molar-refractivity contribution in [3.05, 3.63) is 34.9 Å². The molecule has 8 nitrogen and oxygen atoms in total. The molecule has 354 valence electrons. The Balaban J connectivity index is 0.00000119. The molecule has 0 aromatic heterocycles. The van der Waals surface area contributed by atoms with Crippen LogP contribution in [-0.4, -0.2) is 47.3 Å². The standard InChI is InChI=1S/C31H62O2.C22H32O6/c1-3-5-7-9-11-13-15-16-17-18-19-21-23-25-27-29-31(32)33-30-28-26-24-22-20-14-12-10-8-6-4-2;1-2-3-4-5-6-7-8-9-10-11-12-15-28-22(27)18-14-13-17(20(23)24)16-19(18)21(25)26/h3-30H2,1-2H3;13-14,16H,2-12,15H2,1H3,(H,23,24)(H,25,26). The Hall–Kier alpha value is -2.90. The second-order valence-corrected chi connectivity index (χ2v) is 17.5. The zero-order valence-corrected chi connectivity index (χ0v) is 39.9. The Bertz CT molecular complexity index is 1180. The number of aromatic carboxylic acids is 2. The van der Waals surface area contributed by atoms with Crippen LogP contribution in [0.3, 0.4) is 0 Å². The maximum atomic E-state index is 12.1. The van der Waals surface area contributed by atoms with Crippen LogP contribution in [0.2, 0.25) is 0 Å². The summed E-state index contributed by atoms with van der Waals surface area (Å²) in [4.78, 5) is 46.2. The van der Waals surface area contributed by atoms with E-state index in [1.165, 1.54) is 218 Å². The van der Waals surface area contributed by atoms with Gasteiger partial charge in [-0.2, -0.15) is 0 Å². The van der Waals surface area contributed by atoms with Crippen LogP contribution in [0.4, 0.5) is 0 Å². The maximum Gasteiger partial charge on any atom is 0.339 e. The summed E-state index contributed by atoms with van der Waals surface area (Å²) in [5, 5.41) is 18.1. The molecule has 1 aromatic rings. The molecule has 0 saturated carbocycles. The van der Waals surface area contributed by atoms with Crippen molar-refractivity contribution in [2.24, 2.45) is 0 Å². The average Bonchev–Trinajstić information content (AvgIpc) is 3.25. The van der Waals surface area contributed by atoms with Gasteiger partial charge in [0.05, 0.1) is 29.9 Å². The minimum atomic E-state index is -1.36. The quantitative estimate of drug-likeness (QED) is 0.0491. The molecular weight excluding hydrogens is 765 g/mol. The largest absolute Gasteiger partial charge is 0.478 e. The average molecular weight is 859 g/mol. The van der Waals surface area contributed by atoms with Gasteiger partial charge in [0, 0.05) is 6.42 Å². The molecule has 0 fully saturated rings. The number of hydrogen-bond donors (Lipinski definition) is 2. The number of carboxylic acid groups (broad SMARTS) is 2. The van der Waals surface area contributed by atoms with Crippen molar-refractivity contribution in [3.63, 3.8) is 0 Å². The highest BCUT2D eigenvalue weighted by molar-refractivity contribution is 6.04. The summed E-state index contributed by atoms with van der Waals surface area (Å²) in [6.45, 7) is 7.65. The zero-order chi connectivity index (χ0) is 44.9. The molecule has 0 saturated heterocycles. The Labute approximate surface area is 374 Å². The Morgan fingerprint density at radius 2 is 0.689 bits per heavy atom. The highest BCUT2D eigenvalue weighted by atomic mass is 16.5. The molecule has 0 heterocycles. The summed E-state index contributed by atoms with van der Waals surface area (Å²) in [5.41, 5.74) is -0.663. The summed E-state index contributed by atoms with van der Waals surface area (Å²) in [6, 6.07) is 3.37. The van der Waals surface area contributed by atoms with Crippen LogP contribution in [0.1, 0.15) is 296 Å². The third kappa shape index (κ3) is 38.5. The first kappa shape index (κ1) is 58.1. The predicted octanol–water partition coefficient (Wildman–Crippen LogP) is 16.7. The fourth-order valence-electron chi connectivity index (χ4n) is 7.71. The second-order valence-electron chi connectivity index (χ2n) is 17.5. The normalized spacial score (nSPS) is 10.9. The first-order chi connectivity index (χ1) is 29.8. The summed E-state index contributed by atoms with van der Waals surface area (Å²) < 4.78 is 10.6. The number of benzene rings is 1. The SMILES string of the molecule is CCCCCCCCCCCCCCCCCC(=O)OCCCCCCCCCCCCC.CCCCCCCCCCCCCOC(=O)c1ccc(C(=O)O)cc1C(=O)O. The number of carboxylic acids is 2. The van der Waals surface area contributed by atoms with Crippen LogP contribution in [-0.2, 0) is 14.3 Å². The summed E-state index contributed by atoms with van der Waals surface area (Å²) in [6.07, 6.45) is 48.8. The Morgan fingerprint density at radius 3 is 1.02 bits per heavy atom. The lowest BCUT2D eigenvalue weighted by Gasteiger charge is -2.08. The molecule has 0 atom stereocenters. The van der Waals surface area contributed by atoms with E-state index in [0.717, 1.165) is 38.2 Å². The minimum Gasteiger partial charge on any atom is -0.478 e. The van der Waals surface area contributed by atoms with Crippen molar-refractivity contribution < 1.29 is 38.9 Å². The smallest absolute Gasteiger partial charge is 0.339 e. The van der Waals surface area contributed by atoms with Crippen molar-refractivity contribution >= 4 is 23.9 Å². The Morgan fingerprint density at radius 1 is 0.377 bits per heavy atom. The van der Waals surface area contributed by atoms with Crippen molar-refractivity contribution in [2.45, 2.75) is 265 Å². The summed E-state index contributed by atoms with van der Waals surface area (Å²) >= 11 is 0. The monoisotopic (exact) mass is 859 g/mol. The Kier molecular flexibility index (Phi) is 43.0. The zero-order valence-electron chi connectivity index (χ0n) is 39.9. The fraction of sp³-hybridized carbons (Fsp3) is 0.811. The first-order valence-electron chi connectivity index (χ1n) is 25.7. The molecule has 0 bridgehead atoms. The first-order valence-corrected chi connectivity index (χ1v) is 25.7. The van der Waals surface area contributed by atoms with Crippen LogP contribution in [0.15, 0.2) is 18.2 Å². The van der Waals surface area contributed by atoms with Gasteiger partial charge in [-0.05, 0) is 37.5 Å². The van der Waals surface area contributed by atoms with E-state index < -0.39 is 17.9 Å². The molecule has 0 amide bonds. The molecule has 0 unspecified atom stereocenters. The molecule has 0 aliphatic carbocycles. The lowest BCUT2D eigenvalue weighted by molar-refractivity contribution is -0.143. The van der Waals surface area contributed by atoms with Gasteiger partial charge >= 0.3 is 23.9 Å². The van der Waals surface area contributed by atoms with Crippen LogP contribution in [0, 0.1) is 0 Å². The van der Waals surface area contributed by atoms with E-state index in [2.05, 4.69) is 20.8 Å². The van der Waals surface area contributed by atoms with Crippen LogP contribution < -0.4 is 0 Å². The van der Waals surface area contributed by atoms with Crippen molar-refractivity contribution in [3.8, 4) is 0 Å².